The Labute approximate surface area is 171 Å². The van der Waals surface area contributed by atoms with Crippen molar-refractivity contribution in [1.29, 1.82) is 0 Å². The molecule has 1 atom stereocenters. The van der Waals surface area contributed by atoms with Crippen molar-refractivity contribution < 1.29 is 22.7 Å². The highest BCUT2D eigenvalue weighted by molar-refractivity contribution is 6.04. The Balaban J connectivity index is 2.82. The number of ether oxygens (including phenoxy) is 1. The van der Waals surface area contributed by atoms with Crippen molar-refractivity contribution in [1.82, 2.24) is 10.2 Å². The number of nitrogens with zero attached hydrogens (tertiary/aromatic N) is 2. The fourth-order valence-electron chi connectivity index (χ4n) is 2.74. The molecule has 0 aliphatic rings. The minimum Gasteiger partial charge on any atom is -0.462 e. The molecule has 1 rings (SSSR count). The third-order valence-electron chi connectivity index (χ3n) is 4.35. The number of nitrogens with one attached hydrogen (secondary N) is 1. The summed E-state index contributed by atoms with van der Waals surface area (Å²) >= 11 is 0. The lowest BCUT2D eigenvalue weighted by molar-refractivity contribution is -0.137. The van der Waals surface area contributed by atoms with E-state index in [2.05, 4.69) is 29.1 Å². The van der Waals surface area contributed by atoms with E-state index >= 15 is 0 Å². The van der Waals surface area contributed by atoms with Gasteiger partial charge in [0.15, 0.2) is 0 Å². The minimum absolute atomic E-state index is 0.0257. The fourth-order valence-corrected chi connectivity index (χ4v) is 2.74. The molecule has 8 heteroatoms. The molecule has 0 aliphatic heterocycles. The van der Waals surface area contributed by atoms with Crippen LogP contribution in [0, 0.1) is 0 Å². The van der Waals surface area contributed by atoms with Crippen molar-refractivity contribution in [3.63, 3.8) is 0 Å². The first-order chi connectivity index (χ1) is 13.6. The zero-order valence-electron chi connectivity index (χ0n) is 17.8. The second-order valence-corrected chi connectivity index (χ2v) is 7.15. The van der Waals surface area contributed by atoms with Crippen LogP contribution >= 0.6 is 0 Å². The number of halogens is 3. The largest absolute Gasteiger partial charge is 0.462 e. The first-order valence-corrected chi connectivity index (χ1v) is 10.0. The van der Waals surface area contributed by atoms with Gasteiger partial charge in [-0.25, -0.2) is 4.99 Å². The van der Waals surface area contributed by atoms with E-state index in [0.717, 1.165) is 44.6 Å². The molecule has 164 valence electrons. The molecule has 29 heavy (non-hydrogen) atoms. The van der Waals surface area contributed by atoms with E-state index in [9.17, 15) is 18.0 Å². The Morgan fingerprint density at radius 3 is 2.41 bits per heavy atom. The monoisotopic (exact) mass is 415 g/mol. The van der Waals surface area contributed by atoms with E-state index in [-0.39, 0.29) is 23.7 Å². The van der Waals surface area contributed by atoms with Crippen LogP contribution in [0.15, 0.2) is 29.3 Å². The Hall–Kier alpha value is -2.09. The summed E-state index contributed by atoms with van der Waals surface area (Å²) in [6.45, 7) is 12.7. The van der Waals surface area contributed by atoms with E-state index < -0.39 is 17.6 Å². The Morgan fingerprint density at radius 1 is 1.21 bits per heavy atom. The molecule has 1 unspecified atom stereocenters. The third kappa shape index (κ3) is 9.30. The SMILES string of the molecule is CCN(CC)CCCC(C)N=C(NC(=O)c1cccc(C(F)(F)F)c1)OC(C)C. The number of rotatable bonds is 9. The summed E-state index contributed by atoms with van der Waals surface area (Å²) in [5, 5.41) is 2.51. The predicted octanol–water partition coefficient (Wildman–Crippen LogP) is 4.73. The zero-order valence-corrected chi connectivity index (χ0v) is 17.8. The fraction of sp³-hybridized carbons (Fsp3) is 0.619. The van der Waals surface area contributed by atoms with Crippen LogP contribution in [0.4, 0.5) is 13.2 Å². The molecule has 0 saturated carbocycles. The maximum absolute atomic E-state index is 12.9. The molecule has 1 aromatic rings. The molecule has 1 amide bonds. The van der Waals surface area contributed by atoms with Gasteiger partial charge in [-0.2, -0.15) is 13.2 Å². The quantitative estimate of drug-likeness (QED) is 0.469. The van der Waals surface area contributed by atoms with Gasteiger partial charge in [0.25, 0.3) is 11.9 Å². The molecule has 0 spiro atoms. The van der Waals surface area contributed by atoms with Crippen LogP contribution in [0.5, 0.6) is 0 Å². The average Bonchev–Trinajstić information content (AvgIpc) is 2.64. The Morgan fingerprint density at radius 2 is 1.86 bits per heavy atom. The maximum Gasteiger partial charge on any atom is 0.416 e. The molecular formula is C21H32F3N3O2. The van der Waals surface area contributed by atoms with Crippen molar-refractivity contribution in [3.8, 4) is 0 Å². The van der Waals surface area contributed by atoms with E-state index in [1.807, 2.05) is 6.92 Å². The number of alkyl halides is 3. The van der Waals surface area contributed by atoms with Crippen molar-refractivity contribution in [2.45, 2.75) is 65.8 Å². The summed E-state index contributed by atoms with van der Waals surface area (Å²) in [7, 11) is 0. The van der Waals surface area contributed by atoms with Crippen LogP contribution in [0.25, 0.3) is 0 Å². The molecule has 0 bridgehead atoms. The maximum atomic E-state index is 12.9. The van der Waals surface area contributed by atoms with Crippen LogP contribution in [0.2, 0.25) is 0 Å². The van der Waals surface area contributed by atoms with Gasteiger partial charge in [-0.1, -0.05) is 19.9 Å². The highest BCUT2D eigenvalue weighted by atomic mass is 19.4. The Kier molecular flexibility index (Phi) is 10.2. The van der Waals surface area contributed by atoms with Crippen LogP contribution in [0.1, 0.15) is 63.4 Å². The van der Waals surface area contributed by atoms with Crippen LogP contribution < -0.4 is 5.32 Å². The molecule has 0 saturated heterocycles. The van der Waals surface area contributed by atoms with Gasteiger partial charge >= 0.3 is 6.18 Å². The van der Waals surface area contributed by atoms with Gasteiger partial charge in [0.1, 0.15) is 0 Å². The smallest absolute Gasteiger partial charge is 0.416 e. The number of hydrogen-bond acceptors (Lipinski definition) is 4. The second-order valence-electron chi connectivity index (χ2n) is 7.15. The van der Waals surface area contributed by atoms with Gasteiger partial charge in [0, 0.05) is 5.56 Å². The zero-order chi connectivity index (χ0) is 22.0. The van der Waals surface area contributed by atoms with Crippen molar-refractivity contribution in [2.75, 3.05) is 19.6 Å². The van der Waals surface area contributed by atoms with Crippen molar-refractivity contribution in [3.05, 3.63) is 35.4 Å². The van der Waals surface area contributed by atoms with Gasteiger partial charge in [-0.3, -0.25) is 10.1 Å². The lowest BCUT2D eigenvalue weighted by atomic mass is 10.1. The van der Waals surface area contributed by atoms with Crippen molar-refractivity contribution >= 4 is 11.9 Å². The number of benzene rings is 1. The summed E-state index contributed by atoms with van der Waals surface area (Å²) in [6.07, 6.45) is -3.00. The number of carbonyl (C=O) groups is 1. The number of amides is 1. The Bertz CT molecular complexity index is 671. The molecule has 0 fully saturated rings. The van der Waals surface area contributed by atoms with Crippen LogP contribution in [-0.4, -0.2) is 48.6 Å². The molecule has 1 aromatic carbocycles. The van der Waals surface area contributed by atoms with E-state index in [1.54, 1.807) is 13.8 Å². The molecule has 0 radical (unpaired) electrons. The van der Waals surface area contributed by atoms with Gasteiger partial charge in [-0.15, -0.1) is 0 Å². The third-order valence-corrected chi connectivity index (χ3v) is 4.35. The van der Waals surface area contributed by atoms with Crippen molar-refractivity contribution in [2.24, 2.45) is 4.99 Å². The molecule has 5 nitrogen and oxygen atoms in total. The summed E-state index contributed by atoms with van der Waals surface area (Å²) in [4.78, 5) is 19.2. The van der Waals surface area contributed by atoms with E-state index in [0.29, 0.717) is 0 Å². The molecule has 0 aromatic heterocycles. The minimum atomic E-state index is -4.51. The standard InChI is InChI=1S/C21H32F3N3O2/c1-6-27(7-2)13-9-10-16(5)25-20(29-15(3)4)26-19(28)17-11-8-12-18(14-17)21(22,23)24/h8,11-12,14-16H,6-7,9-10,13H2,1-5H3,(H,25,26,28). The predicted molar refractivity (Wildman–Crippen MR) is 109 cm³/mol. The molecule has 0 aliphatic carbocycles. The average molecular weight is 416 g/mol. The number of carbonyl (C=O) groups excluding carboxylic acids is 1. The first-order valence-electron chi connectivity index (χ1n) is 10.0. The molecule has 1 N–H and O–H groups in total. The van der Waals surface area contributed by atoms with E-state index in [1.165, 1.54) is 12.1 Å². The van der Waals surface area contributed by atoms with E-state index in [4.69, 9.17) is 4.74 Å². The number of hydrogen-bond donors (Lipinski definition) is 1. The highest BCUT2D eigenvalue weighted by Gasteiger charge is 2.31. The van der Waals surface area contributed by atoms with Gasteiger partial charge in [0.05, 0.1) is 17.7 Å². The van der Waals surface area contributed by atoms with Gasteiger partial charge < -0.3 is 9.64 Å². The van der Waals surface area contributed by atoms with Gasteiger partial charge in [0.2, 0.25) is 0 Å². The molecular weight excluding hydrogens is 383 g/mol. The van der Waals surface area contributed by atoms with Crippen LogP contribution in [0.3, 0.4) is 0 Å². The summed E-state index contributed by atoms with van der Waals surface area (Å²) in [5.74, 6) is -0.689. The lowest BCUT2D eigenvalue weighted by Crippen LogP contribution is -2.35. The van der Waals surface area contributed by atoms with Gasteiger partial charge in [-0.05, 0) is 71.4 Å². The second kappa shape index (κ2) is 11.8. The summed E-state index contributed by atoms with van der Waals surface area (Å²) < 4.78 is 44.2. The lowest BCUT2D eigenvalue weighted by Gasteiger charge is -2.19. The molecule has 0 heterocycles. The summed E-state index contributed by atoms with van der Waals surface area (Å²) in [6, 6.07) is 4.20. The number of aliphatic imine (C=N–C) groups is 1. The van der Waals surface area contributed by atoms with Crippen LogP contribution in [-0.2, 0) is 10.9 Å². The topological polar surface area (TPSA) is 53.9 Å². The first kappa shape index (κ1) is 24.9. The normalized spacial score (nSPS) is 13.7. The highest BCUT2D eigenvalue weighted by Crippen LogP contribution is 2.29. The summed E-state index contributed by atoms with van der Waals surface area (Å²) in [5.41, 5.74) is -0.979. The number of amidine groups is 1.